The molecule has 6 rings (SSSR count). The fourth-order valence-electron chi connectivity index (χ4n) is 10.1. The van der Waals surface area contributed by atoms with Crippen LogP contribution in [0.25, 0.3) is 0 Å². The Hall–Kier alpha value is -0.160. The molecule has 6 heterocycles. The van der Waals surface area contributed by atoms with Crippen LogP contribution >= 0.6 is 0 Å². The Labute approximate surface area is 217 Å². The third kappa shape index (κ3) is 4.45. The van der Waals surface area contributed by atoms with Crippen molar-refractivity contribution in [2.24, 2.45) is 11.8 Å². The molecule has 2 spiro atoms. The lowest BCUT2D eigenvalue weighted by Gasteiger charge is -2.69. The molecule has 6 fully saturated rings. The van der Waals surface area contributed by atoms with Gasteiger partial charge in [0.1, 0.15) is 0 Å². The monoisotopic (exact) mass is 484 g/mol. The van der Waals surface area contributed by atoms with Crippen LogP contribution < -0.4 is 0 Å². The van der Waals surface area contributed by atoms with Crippen LogP contribution in [0.2, 0.25) is 0 Å². The van der Waals surface area contributed by atoms with Gasteiger partial charge in [-0.25, -0.2) is 0 Å². The molecule has 0 N–H and O–H groups in total. The topological polar surface area (TPSA) is 13.0 Å². The van der Waals surface area contributed by atoms with Crippen molar-refractivity contribution in [1.82, 2.24) is 19.6 Å². The van der Waals surface area contributed by atoms with Gasteiger partial charge in [0.25, 0.3) is 0 Å². The highest BCUT2D eigenvalue weighted by Crippen LogP contribution is 2.52. The summed E-state index contributed by atoms with van der Waals surface area (Å²) in [5.41, 5.74) is 0.922. The summed E-state index contributed by atoms with van der Waals surface area (Å²) >= 11 is 0. The third-order valence-corrected chi connectivity index (χ3v) is 11.5. The molecule has 0 aromatic heterocycles. The normalized spacial score (nSPS) is 42.3. The molecule has 0 aromatic carbocycles. The largest absolute Gasteiger partial charge is 0.285 e. The molecule has 4 heteroatoms. The van der Waals surface area contributed by atoms with Gasteiger partial charge in [-0.05, 0) is 89.0 Å². The molecule has 0 amide bonds. The SMILES string of the molecule is CC(C)CC1CC23CCCCCCN2C(CC(C)CC2CC45CCCCCN4CCCN25)CCN13. The van der Waals surface area contributed by atoms with Crippen molar-refractivity contribution in [1.29, 1.82) is 0 Å². The maximum Gasteiger partial charge on any atom is 0.0757 e. The van der Waals surface area contributed by atoms with Gasteiger partial charge in [-0.15, -0.1) is 0 Å². The first-order chi connectivity index (χ1) is 17.0. The summed E-state index contributed by atoms with van der Waals surface area (Å²) in [4.78, 5) is 12.0. The minimum absolute atomic E-state index is 0.441. The summed E-state index contributed by atoms with van der Waals surface area (Å²) in [7, 11) is 0. The highest BCUT2D eigenvalue weighted by molar-refractivity contribution is 5.11. The summed E-state index contributed by atoms with van der Waals surface area (Å²) in [6.45, 7) is 14.3. The van der Waals surface area contributed by atoms with E-state index < -0.39 is 0 Å². The first kappa shape index (κ1) is 25.1. The molecule has 6 aliphatic heterocycles. The minimum Gasteiger partial charge on any atom is -0.285 e. The summed E-state index contributed by atoms with van der Waals surface area (Å²) in [6.07, 6.45) is 23.1. The molecular formula is C31H56N4. The smallest absolute Gasteiger partial charge is 0.0757 e. The van der Waals surface area contributed by atoms with Crippen LogP contribution in [0, 0.1) is 11.8 Å². The maximum absolute atomic E-state index is 3.10. The van der Waals surface area contributed by atoms with Gasteiger partial charge in [-0.2, -0.15) is 0 Å². The Balaban J connectivity index is 1.10. The van der Waals surface area contributed by atoms with Gasteiger partial charge < -0.3 is 0 Å². The first-order valence-corrected chi connectivity index (χ1v) is 16.1. The Morgan fingerprint density at radius 1 is 0.571 bits per heavy atom. The quantitative estimate of drug-likeness (QED) is 0.438. The van der Waals surface area contributed by atoms with Gasteiger partial charge in [-0.1, -0.05) is 52.9 Å². The predicted molar refractivity (Wildman–Crippen MR) is 146 cm³/mol. The van der Waals surface area contributed by atoms with Crippen molar-refractivity contribution in [3.8, 4) is 0 Å². The molecule has 0 saturated carbocycles. The summed E-state index contributed by atoms with van der Waals surface area (Å²) < 4.78 is 0. The number of hydrogen-bond donors (Lipinski definition) is 0. The van der Waals surface area contributed by atoms with E-state index in [0.29, 0.717) is 11.3 Å². The second kappa shape index (κ2) is 10.2. The molecule has 35 heavy (non-hydrogen) atoms. The highest BCUT2D eigenvalue weighted by atomic mass is 15.5. The molecule has 6 saturated heterocycles. The van der Waals surface area contributed by atoms with Gasteiger partial charge in [0.15, 0.2) is 0 Å². The number of hydrogen-bond acceptors (Lipinski definition) is 4. The van der Waals surface area contributed by atoms with Gasteiger partial charge in [0, 0.05) is 44.3 Å². The van der Waals surface area contributed by atoms with Crippen molar-refractivity contribution in [2.75, 3.05) is 32.7 Å². The summed E-state index contributed by atoms with van der Waals surface area (Å²) in [5.74, 6) is 1.70. The molecule has 0 radical (unpaired) electrons. The Morgan fingerprint density at radius 2 is 1.14 bits per heavy atom. The van der Waals surface area contributed by atoms with E-state index in [-0.39, 0.29) is 0 Å². The van der Waals surface area contributed by atoms with E-state index >= 15 is 0 Å². The van der Waals surface area contributed by atoms with Crippen LogP contribution in [0.15, 0.2) is 0 Å². The maximum atomic E-state index is 3.10. The Kier molecular flexibility index (Phi) is 7.32. The molecule has 4 nitrogen and oxygen atoms in total. The summed E-state index contributed by atoms with van der Waals surface area (Å²) in [6, 6.07) is 2.57. The second-order valence-electron chi connectivity index (χ2n) is 14.2. The van der Waals surface area contributed by atoms with Gasteiger partial charge in [-0.3, -0.25) is 19.6 Å². The van der Waals surface area contributed by atoms with E-state index in [4.69, 9.17) is 0 Å². The molecule has 6 unspecified atom stereocenters. The van der Waals surface area contributed by atoms with Gasteiger partial charge in [0.2, 0.25) is 0 Å². The molecule has 200 valence electrons. The van der Waals surface area contributed by atoms with E-state index in [1.807, 2.05) is 0 Å². The van der Waals surface area contributed by atoms with Crippen molar-refractivity contribution < 1.29 is 0 Å². The van der Waals surface area contributed by atoms with Crippen molar-refractivity contribution >= 4 is 0 Å². The Bertz CT molecular complexity index is 725. The minimum atomic E-state index is 0.441. The highest BCUT2D eigenvalue weighted by Gasteiger charge is 2.59. The average Bonchev–Trinajstić information content (AvgIpc) is 3.01. The Morgan fingerprint density at radius 3 is 2.00 bits per heavy atom. The molecule has 0 aliphatic carbocycles. The molecule has 6 aliphatic rings. The standard InChI is InChI=1S/C31H56N4/c1-25(2)20-28-24-31-14-7-4-5-10-17-33(31)27(12-19-35(28)31)21-26(3)22-29-23-30-13-8-6-9-15-32(30)16-11-18-34(29)30/h25-29H,4-24H2,1-3H3. The zero-order valence-corrected chi connectivity index (χ0v) is 23.5. The molecular weight excluding hydrogens is 428 g/mol. The lowest BCUT2D eigenvalue weighted by atomic mass is 9.72. The van der Waals surface area contributed by atoms with E-state index in [1.54, 1.807) is 0 Å². The fraction of sp³-hybridized carbons (Fsp3) is 1.00. The van der Waals surface area contributed by atoms with Crippen LogP contribution in [0.1, 0.15) is 124 Å². The van der Waals surface area contributed by atoms with E-state index in [9.17, 15) is 0 Å². The van der Waals surface area contributed by atoms with Crippen molar-refractivity contribution in [3.63, 3.8) is 0 Å². The van der Waals surface area contributed by atoms with Crippen LogP contribution in [-0.4, -0.2) is 81.8 Å². The van der Waals surface area contributed by atoms with E-state index in [1.165, 1.54) is 135 Å². The predicted octanol–water partition coefficient (Wildman–Crippen LogP) is 6.31. The first-order valence-electron chi connectivity index (χ1n) is 16.1. The lowest BCUT2D eigenvalue weighted by molar-refractivity contribution is -0.228. The average molecular weight is 485 g/mol. The zero-order chi connectivity index (χ0) is 24.0. The third-order valence-electron chi connectivity index (χ3n) is 11.5. The van der Waals surface area contributed by atoms with E-state index in [2.05, 4.69) is 40.4 Å². The van der Waals surface area contributed by atoms with Crippen LogP contribution in [-0.2, 0) is 0 Å². The number of nitrogens with zero attached hydrogens (tertiary/aromatic N) is 4. The van der Waals surface area contributed by atoms with Gasteiger partial charge in [0.05, 0.1) is 11.3 Å². The molecule has 0 aromatic rings. The zero-order valence-electron chi connectivity index (χ0n) is 23.5. The molecule has 0 bridgehead atoms. The van der Waals surface area contributed by atoms with Crippen LogP contribution in [0.3, 0.4) is 0 Å². The second-order valence-corrected chi connectivity index (χ2v) is 14.2. The summed E-state index contributed by atoms with van der Waals surface area (Å²) in [5, 5.41) is 0. The number of rotatable bonds is 6. The fourth-order valence-corrected chi connectivity index (χ4v) is 10.1. The van der Waals surface area contributed by atoms with Crippen molar-refractivity contribution in [3.05, 3.63) is 0 Å². The van der Waals surface area contributed by atoms with Crippen LogP contribution in [0.5, 0.6) is 0 Å². The van der Waals surface area contributed by atoms with Gasteiger partial charge >= 0.3 is 0 Å². The van der Waals surface area contributed by atoms with Crippen LogP contribution in [0.4, 0.5) is 0 Å². The lowest BCUT2D eigenvalue weighted by Crippen LogP contribution is -2.78. The molecule has 6 atom stereocenters. The van der Waals surface area contributed by atoms with Crippen molar-refractivity contribution in [2.45, 2.75) is 153 Å². The van der Waals surface area contributed by atoms with E-state index in [0.717, 1.165) is 30.0 Å².